The first-order valence-electron chi connectivity index (χ1n) is 9.98. The molecule has 4 heteroatoms. The van der Waals surface area contributed by atoms with Gasteiger partial charge < -0.3 is 9.84 Å². The average molecular weight is 343 g/mol. The van der Waals surface area contributed by atoms with Gasteiger partial charge in [-0.3, -0.25) is 9.69 Å². The number of ether oxygens (including phenoxy) is 1. The zero-order chi connectivity index (χ0) is 17.2. The molecule has 136 valence electrons. The number of hydrogen-bond acceptors (Lipinski definition) is 4. The van der Waals surface area contributed by atoms with Crippen LogP contribution in [0.25, 0.3) is 0 Å². The summed E-state index contributed by atoms with van der Waals surface area (Å²) >= 11 is 0. The molecule has 0 radical (unpaired) electrons. The summed E-state index contributed by atoms with van der Waals surface area (Å²) in [7, 11) is 1.70. The molecule has 5 rings (SSSR count). The standard InChI is InChI=1S/C21H29NO3/c1-25-17-5-4-15-10-19-21(24)7-6-16(23)12-20(21,18(15)11-17)8-9-22(19)13-14-2-3-14/h4-5,11,14-15,18-19,24H,2-3,6-10,12-13H2,1H3/t15?,18?,19-,20-,21-/m1/s1. The Morgan fingerprint density at radius 3 is 2.96 bits per heavy atom. The molecule has 0 aromatic heterocycles. The van der Waals surface area contributed by atoms with Gasteiger partial charge in [0, 0.05) is 30.8 Å². The molecule has 1 heterocycles. The maximum absolute atomic E-state index is 12.5. The monoisotopic (exact) mass is 343 g/mol. The lowest BCUT2D eigenvalue weighted by Crippen LogP contribution is -2.74. The number of allylic oxidation sites excluding steroid dienone is 3. The van der Waals surface area contributed by atoms with Gasteiger partial charge in [0.15, 0.2) is 0 Å². The van der Waals surface area contributed by atoms with E-state index in [1.165, 1.54) is 12.8 Å². The molecule has 1 N–H and O–H groups in total. The highest BCUT2D eigenvalue weighted by atomic mass is 16.5. The molecule has 4 nitrogen and oxygen atoms in total. The molecule has 0 spiro atoms. The van der Waals surface area contributed by atoms with E-state index in [1.807, 2.05) is 0 Å². The minimum atomic E-state index is -0.726. The van der Waals surface area contributed by atoms with E-state index >= 15 is 0 Å². The molecular weight excluding hydrogens is 314 g/mol. The molecule has 2 unspecified atom stereocenters. The third-order valence-corrected chi connectivity index (χ3v) is 7.87. The van der Waals surface area contributed by atoms with E-state index < -0.39 is 5.60 Å². The molecule has 1 aliphatic heterocycles. The van der Waals surface area contributed by atoms with Gasteiger partial charge >= 0.3 is 0 Å². The Hall–Kier alpha value is -1.13. The van der Waals surface area contributed by atoms with Crippen molar-refractivity contribution in [2.24, 2.45) is 23.2 Å². The van der Waals surface area contributed by atoms with Gasteiger partial charge in [-0.05, 0) is 68.6 Å². The molecule has 1 saturated heterocycles. The van der Waals surface area contributed by atoms with Crippen molar-refractivity contribution in [1.82, 2.24) is 4.90 Å². The molecule has 5 atom stereocenters. The summed E-state index contributed by atoms with van der Waals surface area (Å²) in [6.07, 6.45) is 12.9. The van der Waals surface area contributed by atoms with Crippen LogP contribution in [-0.4, -0.2) is 47.6 Å². The summed E-state index contributed by atoms with van der Waals surface area (Å²) in [5, 5.41) is 12.0. The maximum Gasteiger partial charge on any atom is 0.133 e. The van der Waals surface area contributed by atoms with Crippen LogP contribution in [0.15, 0.2) is 24.0 Å². The number of aliphatic hydroxyl groups is 1. The van der Waals surface area contributed by atoms with Gasteiger partial charge in [-0.1, -0.05) is 6.08 Å². The summed E-state index contributed by atoms with van der Waals surface area (Å²) in [6.45, 7) is 2.16. The Kier molecular flexibility index (Phi) is 3.49. The Morgan fingerprint density at radius 1 is 1.36 bits per heavy atom. The topological polar surface area (TPSA) is 49.8 Å². The van der Waals surface area contributed by atoms with Crippen LogP contribution < -0.4 is 0 Å². The second kappa shape index (κ2) is 5.43. The number of carbonyl (C=O) groups is 1. The van der Waals surface area contributed by atoms with Crippen molar-refractivity contribution in [3.8, 4) is 0 Å². The summed E-state index contributed by atoms with van der Waals surface area (Å²) < 4.78 is 5.49. The lowest BCUT2D eigenvalue weighted by atomic mass is 9.44. The first kappa shape index (κ1) is 16.1. The molecule has 0 aromatic carbocycles. The van der Waals surface area contributed by atoms with Gasteiger partial charge in [-0.25, -0.2) is 0 Å². The van der Waals surface area contributed by atoms with Crippen LogP contribution in [0.2, 0.25) is 0 Å². The van der Waals surface area contributed by atoms with Gasteiger partial charge in [0.25, 0.3) is 0 Å². The van der Waals surface area contributed by atoms with Crippen LogP contribution in [0.5, 0.6) is 0 Å². The van der Waals surface area contributed by atoms with Crippen molar-refractivity contribution in [1.29, 1.82) is 0 Å². The number of Topliss-reactive ketones (excluding diaryl/α,β-unsaturated/α-hetero) is 1. The molecule has 3 saturated carbocycles. The van der Waals surface area contributed by atoms with E-state index in [2.05, 4.69) is 23.1 Å². The molecular formula is C21H29NO3. The van der Waals surface area contributed by atoms with Gasteiger partial charge in [0.1, 0.15) is 11.5 Å². The summed E-state index contributed by atoms with van der Waals surface area (Å²) in [5.74, 6) is 2.69. The lowest BCUT2D eigenvalue weighted by molar-refractivity contribution is -0.236. The summed E-state index contributed by atoms with van der Waals surface area (Å²) in [5.41, 5.74) is -1.03. The van der Waals surface area contributed by atoms with Crippen LogP contribution >= 0.6 is 0 Å². The number of rotatable bonds is 3. The highest BCUT2D eigenvalue weighted by Crippen LogP contribution is 2.63. The van der Waals surface area contributed by atoms with Crippen molar-refractivity contribution < 1.29 is 14.6 Å². The van der Waals surface area contributed by atoms with Crippen molar-refractivity contribution in [2.45, 2.75) is 56.6 Å². The van der Waals surface area contributed by atoms with Crippen LogP contribution in [-0.2, 0) is 9.53 Å². The van der Waals surface area contributed by atoms with Gasteiger partial charge in [0.2, 0.25) is 0 Å². The van der Waals surface area contributed by atoms with E-state index in [1.54, 1.807) is 7.11 Å². The highest BCUT2D eigenvalue weighted by Gasteiger charge is 2.67. The van der Waals surface area contributed by atoms with E-state index in [0.717, 1.165) is 37.6 Å². The number of hydrogen-bond donors (Lipinski definition) is 1. The molecule has 25 heavy (non-hydrogen) atoms. The average Bonchev–Trinajstić information content (AvgIpc) is 3.42. The Balaban J connectivity index is 1.57. The van der Waals surface area contributed by atoms with Crippen LogP contribution in [0.3, 0.4) is 0 Å². The third kappa shape index (κ3) is 2.23. The number of carbonyl (C=O) groups excluding carboxylic acids is 1. The second-order valence-corrected chi connectivity index (χ2v) is 9.06. The predicted molar refractivity (Wildman–Crippen MR) is 94.8 cm³/mol. The zero-order valence-electron chi connectivity index (χ0n) is 15.1. The van der Waals surface area contributed by atoms with E-state index in [4.69, 9.17) is 4.74 Å². The number of piperidine rings is 1. The smallest absolute Gasteiger partial charge is 0.133 e. The van der Waals surface area contributed by atoms with Gasteiger partial charge in [-0.15, -0.1) is 0 Å². The largest absolute Gasteiger partial charge is 0.497 e. The van der Waals surface area contributed by atoms with E-state index in [9.17, 15) is 9.90 Å². The fraction of sp³-hybridized carbons (Fsp3) is 0.762. The molecule has 0 aromatic rings. The number of ketones is 1. The number of likely N-dealkylation sites (tertiary alicyclic amines) is 1. The van der Waals surface area contributed by atoms with Crippen molar-refractivity contribution in [3.05, 3.63) is 24.0 Å². The Labute approximate surface area is 149 Å². The molecule has 0 amide bonds. The van der Waals surface area contributed by atoms with Crippen molar-refractivity contribution in [2.75, 3.05) is 20.2 Å². The van der Waals surface area contributed by atoms with Gasteiger partial charge in [0.05, 0.1) is 12.7 Å². The minimum Gasteiger partial charge on any atom is -0.497 e. The fourth-order valence-electron chi connectivity index (χ4n) is 6.43. The Bertz CT molecular complexity index is 652. The SMILES string of the molecule is COC1=CC2C(C=C1)C[C@H]1N(CC3CC3)CC[C@@]23CC(=O)CC[C@@]13O. The van der Waals surface area contributed by atoms with Crippen molar-refractivity contribution in [3.63, 3.8) is 0 Å². The molecule has 2 bridgehead atoms. The summed E-state index contributed by atoms with van der Waals surface area (Å²) in [6, 6.07) is 0.207. The lowest BCUT2D eigenvalue weighted by Gasteiger charge is -2.67. The third-order valence-electron chi connectivity index (χ3n) is 7.87. The fourth-order valence-corrected chi connectivity index (χ4v) is 6.43. The second-order valence-electron chi connectivity index (χ2n) is 9.06. The van der Waals surface area contributed by atoms with Crippen molar-refractivity contribution >= 4 is 5.78 Å². The normalized spacial score (nSPS) is 46.2. The highest BCUT2D eigenvalue weighted by molar-refractivity contribution is 5.81. The zero-order valence-corrected chi connectivity index (χ0v) is 15.1. The molecule has 4 fully saturated rings. The van der Waals surface area contributed by atoms with Crippen LogP contribution in [0.1, 0.15) is 44.9 Å². The predicted octanol–water partition coefficient (Wildman–Crippen LogP) is 2.68. The number of fused-ring (bicyclic) bond motifs is 1. The summed E-state index contributed by atoms with van der Waals surface area (Å²) in [4.78, 5) is 15.0. The first-order valence-corrected chi connectivity index (χ1v) is 9.98. The van der Waals surface area contributed by atoms with E-state index in [0.29, 0.717) is 31.0 Å². The molecule has 4 aliphatic carbocycles. The van der Waals surface area contributed by atoms with Gasteiger partial charge in [-0.2, -0.15) is 0 Å². The molecule has 5 aliphatic rings. The maximum atomic E-state index is 12.5. The first-order chi connectivity index (χ1) is 12.1. The quantitative estimate of drug-likeness (QED) is 0.856. The Morgan fingerprint density at radius 2 is 2.20 bits per heavy atom. The van der Waals surface area contributed by atoms with Crippen LogP contribution in [0.4, 0.5) is 0 Å². The van der Waals surface area contributed by atoms with E-state index in [-0.39, 0.29) is 17.4 Å². The number of nitrogens with zero attached hydrogens (tertiary/aromatic N) is 1. The van der Waals surface area contributed by atoms with Crippen LogP contribution in [0, 0.1) is 23.2 Å². The minimum absolute atomic E-state index is 0.207. The number of methoxy groups -OCH3 is 1.